The highest BCUT2D eigenvalue weighted by Gasteiger charge is 2.28. The minimum atomic E-state index is -0.297. The van der Waals surface area contributed by atoms with E-state index in [4.69, 9.17) is 0 Å². The topological polar surface area (TPSA) is 69.2 Å². The first-order valence-electron chi connectivity index (χ1n) is 8.89. The van der Waals surface area contributed by atoms with Gasteiger partial charge in [0, 0.05) is 11.6 Å². The molecule has 0 aliphatic heterocycles. The van der Waals surface area contributed by atoms with Crippen molar-refractivity contribution in [3.05, 3.63) is 60.3 Å². The van der Waals surface area contributed by atoms with Gasteiger partial charge in [-0.2, -0.15) is 4.40 Å². The number of aromatic nitrogens is 2. The zero-order valence-corrected chi connectivity index (χ0v) is 14.3. The molecule has 1 aliphatic rings. The van der Waals surface area contributed by atoms with Gasteiger partial charge in [-0.15, -0.1) is 0 Å². The Morgan fingerprint density at radius 3 is 2.58 bits per heavy atom. The number of halogens is 1. The molecule has 1 amide bonds. The Kier molecular flexibility index (Phi) is 4.42. The maximum absolute atomic E-state index is 13.2. The third-order valence-electron chi connectivity index (χ3n) is 4.98. The summed E-state index contributed by atoms with van der Waals surface area (Å²) in [5, 5.41) is 12.7. The molecule has 1 fully saturated rings. The molecule has 1 aliphatic carbocycles. The molecule has 6 heteroatoms. The van der Waals surface area contributed by atoms with E-state index in [9.17, 15) is 14.3 Å². The number of nitrogens with one attached hydrogen (secondary N) is 2. The number of imidazole rings is 1. The normalized spacial score (nSPS) is 20.2. The molecule has 3 N–H and O–H groups in total. The van der Waals surface area contributed by atoms with Crippen LogP contribution in [-0.2, 0) is 0 Å². The van der Waals surface area contributed by atoms with Gasteiger partial charge in [-0.1, -0.05) is 6.07 Å². The average molecular weight is 354 g/mol. The van der Waals surface area contributed by atoms with Gasteiger partial charge >= 0.3 is 11.7 Å². The SMILES string of the molecule is O=C(NC1CCC(O)CC1)c1[nH]c(-c2ccc(F)cc2)c2cccc[n+]12. The van der Waals surface area contributed by atoms with Crippen molar-refractivity contribution in [1.29, 1.82) is 0 Å². The molecule has 26 heavy (non-hydrogen) atoms. The summed E-state index contributed by atoms with van der Waals surface area (Å²) in [6, 6.07) is 12.0. The van der Waals surface area contributed by atoms with Crippen molar-refractivity contribution in [2.75, 3.05) is 0 Å². The second-order valence-electron chi connectivity index (χ2n) is 6.79. The molecular formula is C20H21FN3O2+. The molecule has 4 rings (SSSR count). The zero-order chi connectivity index (χ0) is 18.1. The second kappa shape index (κ2) is 6.88. The van der Waals surface area contributed by atoms with Crippen molar-refractivity contribution in [2.45, 2.75) is 37.8 Å². The molecule has 1 aromatic carbocycles. The van der Waals surface area contributed by atoms with Crippen LogP contribution in [0.2, 0.25) is 0 Å². The Bertz CT molecular complexity index is 928. The van der Waals surface area contributed by atoms with E-state index < -0.39 is 0 Å². The van der Waals surface area contributed by atoms with Crippen LogP contribution in [0.15, 0.2) is 48.7 Å². The molecule has 3 aromatic rings. The summed E-state index contributed by atoms with van der Waals surface area (Å²) >= 11 is 0. The molecule has 134 valence electrons. The number of H-pyrrole nitrogens is 1. The molecule has 1 saturated carbocycles. The van der Waals surface area contributed by atoms with E-state index in [1.54, 1.807) is 12.1 Å². The zero-order valence-electron chi connectivity index (χ0n) is 14.3. The number of nitrogens with zero attached hydrogens (tertiary/aromatic N) is 1. The first-order chi connectivity index (χ1) is 12.6. The Balaban J connectivity index is 1.67. The van der Waals surface area contributed by atoms with E-state index in [1.807, 2.05) is 28.8 Å². The van der Waals surface area contributed by atoms with E-state index >= 15 is 0 Å². The van der Waals surface area contributed by atoms with Crippen LogP contribution in [0.4, 0.5) is 4.39 Å². The summed E-state index contributed by atoms with van der Waals surface area (Å²) in [4.78, 5) is 16.0. The lowest BCUT2D eigenvalue weighted by molar-refractivity contribution is -0.513. The summed E-state index contributed by atoms with van der Waals surface area (Å²) in [5.74, 6) is -0.0401. The van der Waals surface area contributed by atoms with Gasteiger partial charge < -0.3 is 10.4 Å². The minimum Gasteiger partial charge on any atom is -0.393 e. The van der Waals surface area contributed by atoms with Gasteiger partial charge in [0.1, 0.15) is 5.82 Å². The fourth-order valence-corrected chi connectivity index (χ4v) is 3.56. The minimum absolute atomic E-state index is 0.0721. The number of pyridine rings is 1. The van der Waals surface area contributed by atoms with Gasteiger partial charge in [-0.3, -0.25) is 4.79 Å². The molecule has 0 unspecified atom stereocenters. The van der Waals surface area contributed by atoms with Crippen molar-refractivity contribution in [2.24, 2.45) is 0 Å². The fourth-order valence-electron chi connectivity index (χ4n) is 3.56. The number of fused-ring (bicyclic) bond motifs is 1. The van der Waals surface area contributed by atoms with Crippen molar-refractivity contribution < 1.29 is 18.7 Å². The molecule has 0 spiro atoms. The summed E-state index contributed by atoms with van der Waals surface area (Å²) in [7, 11) is 0. The monoisotopic (exact) mass is 354 g/mol. The van der Waals surface area contributed by atoms with Gasteiger partial charge in [0.05, 0.1) is 12.3 Å². The molecule has 2 aromatic heterocycles. The number of benzene rings is 1. The Morgan fingerprint density at radius 1 is 1.12 bits per heavy atom. The third-order valence-corrected chi connectivity index (χ3v) is 4.98. The van der Waals surface area contributed by atoms with E-state index in [2.05, 4.69) is 10.3 Å². The highest BCUT2D eigenvalue weighted by molar-refractivity contribution is 5.91. The number of aliphatic hydroxyl groups excluding tert-OH is 1. The van der Waals surface area contributed by atoms with E-state index in [1.165, 1.54) is 12.1 Å². The summed E-state index contributed by atoms with van der Waals surface area (Å²) < 4.78 is 15.1. The quantitative estimate of drug-likeness (QED) is 0.633. The van der Waals surface area contributed by atoms with E-state index in [0.717, 1.165) is 29.6 Å². The number of aromatic amines is 1. The Morgan fingerprint density at radius 2 is 1.85 bits per heavy atom. The summed E-state index contributed by atoms with van der Waals surface area (Å²) in [6.07, 6.45) is 4.56. The lowest BCUT2D eigenvalue weighted by Gasteiger charge is -2.25. The van der Waals surface area contributed by atoms with Crippen molar-refractivity contribution in [1.82, 2.24) is 10.3 Å². The Labute approximate surface area is 150 Å². The van der Waals surface area contributed by atoms with Crippen molar-refractivity contribution >= 4 is 11.4 Å². The fraction of sp³-hybridized carbons (Fsp3) is 0.300. The number of aliphatic hydroxyl groups is 1. The van der Waals surface area contributed by atoms with Crippen LogP contribution in [0.5, 0.6) is 0 Å². The van der Waals surface area contributed by atoms with Gasteiger partial charge in [-0.05, 0) is 62.1 Å². The van der Waals surface area contributed by atoms with Crippen LogP contribution in [0.3, 0.4) is 0 Å². The molecule has 2 heterocycles. The highest BCUT2D eigenvalue weighted by atomic mass is 19.1. The van der Waals surface area contributed by atoms with Crippen LogP contribution in [0.25, 0.3) is 16.8 Å². The molecular weight excluding hydrogens is 333 g/mol. The number of hydrogen-bond acceptors (Lipinski definition) is 2. The smallest absolute Gasteiger partial charge is 0.351 e. The van der Waals surface area contributed by atoms with Gasteiger partial charge in [-0.25, -0.2) is 9.37 Å². The summed E-state index contributed by atoms with van der Waals surface area (Å²) in [5.41, 5.74) is 2.44. The number of rotatable bonds is 3. The third kappa shape index (κ3) is 3.20. The van der Waals surface area contributed by atoms with E-state index in [0.29, 0.717) is 18.7 Å². The average Bonchev–Trinajstić information content (AvgIpc) is 3.04. The standard InChI is InChI=1S/C20H20FN3O2/c21-14-6-4-13(5-7-14)18-17-3-1-2-12-24(17)19(23-18)20(26)22-15-8-10-16(25)11-9-15/h1-7,12,15-16,25H,8-11H2,(H,22,26)/p+1. The predicted molar refractivity (Wildman–Crippen MR) is 95.1 cm³/mol. The van der Waals surface area contributed by atoms with Crippen LogP contribution < -0.4 is 9.72 Å². The molecule has 0 atom stereocenters. The van der Waals surface area contributed by atoms with Crippen molar-refractivity contribution in [3.63, 3.8) is 0 Å². The second-order valence-corrected chi connectivity index (χ2v) is 6.79. The Hall–Kier alpha value is -2.73. The molecule has 0 saturated heterocycles. The van der Waals surface area contributed by atoms with E-state index in [-0.39, 0.29) is 23.9 Å². The van der Waals surface area contributed by atoms with Crippen LogP contribution in [0, 0.1) is 5.82 Å². The lowest BCUT2D eigenvalue weighted by Crippen LogP contribution is -2.42. The molecule has 5 nitrogen and oxygen atoms in total. The molecule has 0 radical (unpaired) electrons. The molecule has 0 bridgehead atoms. The van der Waals surface area contributed by atoms with Gasteiger partial charge in [0.15, 0.2) is 11.2 Å². The first kappa shape index (κ1) is 16.7. The number of hydrogen-bond donors (Lipinski definition) is 3. The summed E-state index contributed by atoms with van der Waals surface area (Å²) in [6.45, 7) is 0. The largest absolute Gasteiger partial charge is 0.393 e. The van der Waals surface area contributed by atoms with Crippen molar-refractivity contribution in [3.8, 4) is 11.3 Å². The predicted octanol–water partition coefficient (Wildman–Crippen LogP) is 2.59. The van der Waals surface area contributed by atoms with Gasteiger partial charge in [0.25, 0.3) is 0 Å². The number of carbonyl (C=O) groups excluding carboxylic acids is 1. The highest BCUT2D eigenvalue weighted by Crippen LogP contribution is 2.23. The van der Waals surface area contributed by atoms with Crippen LogP contribution in [0.1, 0.15) is 36.3 Å². The maximum Gasteiger partial charge on any atom is 0.351 e. The first-order valence-corrected chi connectivity index (χ1v) is 8.89. The van der Waals surface area contributed by atoms with Crippen LogP contribution in [-0.4, -0.2) is 28.1 Å². The lowest BCUT2D eigenvalue weighted by atomic mass is 9.93. The number of amides is 1. The van der Waals surface area contributed by atoms with Crippen LogP contribution >= 0.6 is 0 Å². The van der Waals surface area contributed by atoms with Gasteiger partial charge in [0.2, 0.25) is 0 Å². The number of carbonyl (C=O) groups is 1. The maximum atomic E-state index is 13.2.